The van der Waals surface area contributed by atoms with E-state index in [2.05, 4.69) is 11.4 Å². The first-order valence-corrected chi connectivity index (χ1v) is 11.5. The quantitative estimate of drug-likeness (QED) is 0.391. The molecule has 1 N–H and O–H groups in total. The predicted molar refractivity (Wildman–Crippen MR) is 135 cm³/mol. The Hall–Kier alpha value is -4.56. The third-order valence-electron chi connectivity index (χ3n) is 6.25. The monoisotopic (exact) mass is 460 g/mol. The number of aryl methyl sites for hydroxylation is 1. The number of nitrogens with one attached hydrogen (secondary N) is 1. The summed E-state index contributed by atoms with van der Waals surface area (Å²) in [7, 11) is 1.62. The van der Waals surface area contributed by atoms with Crippen molar-refractivity contribution in [3.63, 3.8) is 0 Å². The summed E-state index contributed by atoms with van der Waals surface area (Å²) in [6.45, 7) is 0. The van der Waals surface area contributed by atoms with Crippen LogP contribution in [-0.2, 0) is 11.2 Å². The standard InChI is InChI=1S/C30H24N2O3/c1-34-23-12-7-11-22(18-23)28-25(19-31)30(32-27(33)17-14-20-8-3-2-4-9-20)35-26-16-15-21-10-5-6-13-24(21)29(26)28/h2-13,15-16,18,28H,14,17H2,1H3,(H,32,33). The number of carbonyl (C=O) groups excluding carboxylic acids is 1. The Morgan fingerprint density at radius 3 is 2.60 bits per heavy atom. The number of hydrogen-bond acceptors (Lipinski definition) is 4. The van der Waals surface area contributed by atoms with Gasteiger partial charge in [0.2, 0.25) is 11.8 Å². The van der Waals surface area contributed by atoms with Gasteiger partial charge in [-0.2, -0.15) is 5.26 Å². The molecule has 1 heterocycles. The maximum absolute atomic E-state index is 12.9. The van der Waals surface area contributed by atoms with Crippen molar-refractivity contribution in [2.75, 3.05) is 7.11 Å². The number of nitriles is 1. The lowest BCUT2D eigenvalue weighted by atomic mass is 9.81. The predicted octanol–water partition coefficient (Wildman–Crippen LogP) is 5.86. The van der Waals surface area contributed by atoms with Crippen LogP contribution >= 0.6 is 0 Å². The van der Waals surface area contributed by atoms with Crippen molar-refractivity contribution >= 4 is 16.7 Å². The molecule has 5 heteroatoms. The Kier molecular flexibility index (Phi) is 6.19. The van der Waals surface area contributed by atoms with Crippen LogP contribution in [0.5, 0.6) is 11.5 Å². The highest BCUT2D eigenvalue weighted by molar-refractivity contribution is 5.90. The molecule has 1 aliphatic heterocycles. The average Bonchev–Trinajstić information content (AvgIpc) is 2.91. The lowest BCUT2D eigenvalue weighted by Crippen LogP contribution is -2.31. The molecule has 35 heavy (non-hydrogen) atoms. The average molecular weight is 461 g/mol. The van der Waals surface area contributed by atoms with Crippen LogP contribution in [0.25, 0.3) is 10.8 Å². The van der Waals surface area contributed by atoms with Gasteiger partial charge < -0.3 is 9.47 Å². The van der Waals surface area contributed by atoms with E-state index in [4.69, 9.17) is 9.47 Å². The third kappa shape index (κ3) is 4.47. The summed E-state index contributed by atoms with van der Waals surface area (Å²) in [5.74, 6) is 0.871. The van der Waals surface area contributed by atoms with Crippen LogP contribution in [0.15, 0.2) is 102 Å². The first-order valence-electron chi connectivity index (χ1n) is 11.5. The number of rotatable bonds is 6. The fraction of sp³-hybridized carbons (Fsp3) is 0.133. The number of fused-ring (bicyclic) bond motifs is 3. The molecule has 0 bridgehead atoms. The van der Waals surface area contributed by atoms with Crippen molar-refractivity contribution in [2.45, 2.75) is 18.8 Å². The number of carbonyl (C=O) groups is 1. The second-order valence-corrected chi connectivity index (χ2v) is 8.40. The molecule has 1 aliphatic rings. The van der Waals surface area contributed by atoms with Gasteiger partial charge in [0.15, 0.2) is 0 Å². The van der Waals surface area contributed by atoms with Crippen LogP contribution in [0.4, 0.5) is 0 Å². The minimum Gasteiger partial charge on any atom is -0.497 e. The van der Waals surface area contributed by atoms with Gasteiger partial charge in [0.1, 0.15) is 23.1 Å². The molecule has 4 aromatic rings. The number of hydrogen-bond donors (Lipinski definition) is 1. The summed E-state index contributed by atoms with van der Waals surface area (Å²) in [5.41, 5.74) is 3.22. The Morgan fingerprint density at radius 1 is 1.00 bits per heavy atom. The number of nitrogens with zero attached hydrogens (tertiary/aromatic N) is 1. The van der Waals surface area contributed by atoms with Gasteiger partial charge in [-0.25, -0.2) is 0 Å². The van der Waals surface area contributed by atoms with E-state index in [0.29, 0.717) is 23.5 Å². The molecule has 0 aromatic heterocycles. The Balaban J connectivity index is 1.56. The van der Waals surface area contributed by atoms with E-state index < -0.39 is 5.92 Å². The van der Waals surface area contributed by atoms with Gasteiger partial charge in [-0.05, 0) is 46.5 Å². The topological polar surface area (TPSA) is 71.3 Å². The second-order valence-electron chi connectivity index (χ2n) is 8.40. The van der Waals surface area contributed by atoms with Gasteiger partial charge in [0, 0.05) is 12.0 Å². The number of methoxy groups -OCH3 is 1. The van der Waals surface area contributed by atoms with Crippen LogP contribution in [0.3, 0.4) is 0 Å². The molecule has 5 nitrogen and oxygen atoms in total. The molecule has 4 aromatic carbocycles. The Labute approximate surface area is 204 Å². The molecule has 0 spiro atoms. The molecule has 0 fully saturated rings. The molecular weight excluding hydrogens is 436 g/mol. The second kappa shape index (κ2) is 9.74. The smallest absolute Gasteiger partial charge is 0.227 e. The lowest BCUT2D eigenvalue weighted by Gasteiger charge is -2.29. The summed E-state index contributed by atoms with van der Waals surface area (Å²) in [6, 6.07) is 31.7. The van der Waals surface area contributed by atoms with Crippen LogP contribution in [0.2, 0.25) is 0 Å². The first-order chi connectivity index (χ1) is 17.2. The fourth-order valence-corrected chi connectivity index (χ4v) is 4.56. The zero-order valence-corrected chi connectivity index (χ0v) is 19.3. The van der Waals surface area contributed by atoms with Crippen LogP contribution < -0.4 is 14.8 Å². The van der Waals surface area contributed by atoms with E-state index >= 15 is 0 Å². The zero-order valence-electron chi connectivity index (χ0n) is 19.3. The molecule has 1 atom stereocenters. The number of benzene rings is 4. The fourth-order valence-electron chi connectivity index (χ4n) is 4.56. The zero-order chi connectivity index (χ0) is 24.2. The maximum atomic E-state index is 12.9. The lowest BCUT2D eigenvalue weighted by molar-refractivity contribution is -0.120. The molecule has 1 amide bonds. The highest BCUT2D eigenvalue weighted by atomic mass is 16.5. The molecule has 0 aliphatic carbocycles. The van der Waals surface area contributed by atoms with Crippen molar-refractivity contribution in [2.24, 2.45) is 0 Å². The van der Waals surface area contributed by atoms with Gasteiger partial charge >= 0.3 is 0 Å². The number of amides is 1. The largest absolute Gasteiger partial charge is 0.497 e. The van der Waals surface area contributed by atoms with Crippen LogP contribution in [-0.4, -0.2) is 13.0 Å². The molecule has 172 valence electrons. The molecule has 0 saturated carbocycles. The maximum Gasteiger partial charge on any atom is 0.227 e. The number of allylic oxidation sites excluding steroid dienone is 1. The van der Waals surface area contributed by atoms with Gasteiger partial charge in [0.25, 0.3) is 0 Å². The molecule has 1 unspecified atom stereocenters. The minimum atomic E-state index is -0.422. The van der Waals surface area contributed by atoms with Gasteiger partial charge in [-0.15, -0.1) is 0 Å². The first kappa shape index (κ1) is 22.2. The molecule has 0 radical (unpaired) electrons. The van der Waals surface area contributed by atoms with E-state index in [1.807, 2.05) is 91.0 Å². The summed E-state index contributed by atoms with van der Waals surface area (Å²) in [4.78, 5) is 12.9. The highest BCUT2D eigenvalue weighted by Crippen LogP contribution is 2.46. The molecule has 5 rings (SSSR count). The van der Waals surface area contributed by atoms with E-state index in [1.54, 1.807) is 7.11 Å². The normalized spacial score (nSPS) is 14.6. The molecule has 0 saturated heterocycles. The van der Waals surface area contributed by atoms with Gasteiger partial charge in [-0.1, -0.05) is 72.8 Å². The van der Waals surface area contributed by atoms with Crippen LogP contribution in [0, 0.1) is 11.3 Å². The molecular formula is C30H24N2O3. The Bertz CT molecular complexity index is 1470. The van der Waals surface area contributed by atoms with E-state index in [9.17, 15) is 10.1 Å². The van der Waals surface area contributed by atoms with Gasteiger partial charge in [0.05, 0.1) is 13.0 Å². The van der Waals surface area contributed by atoms with Crippen molar-refractivity contribution in [3.05, 3.63) is 119 Å². The van der Waals surface area contributed by atoms with Crippen molar-refractivity contribution in [1.29, 1.82) is 5.26 Å². The van der Waals surface area contributed by atoms with E-state index in [1.165, 1.54) is 0 Å². The van der Waals surface area contributed by atoms with E-state index in [0.717, 1.165) is 27.5 Å². The summed E-state index contributed by atoms with van der Waals surface area (Å²) < 4.78 is 11.6. The summed E-state index contributed by atoms with van der Waals surface area (Å²) in [6.07, 6.45) is 0.881. The third-order valence-corrected chi connectivity index (χ3v) is 6.25. The number of ether oxygens (including phenoxy) is 2. The summed E-state index contributed by atoms with van der Waals surface area (Å²) >= 11 is 0. The summed E-state index contributed by atoms with van der Waals surface area (Å²) in [5, 5.41) is 15.2. The van der Waals surface area contributed by atoms with Gasteiger partial charge in [-0.3, -0.25) is 10.1 Å². The van der Waals surface area contributed by atoms with Crippen LogP contribution in [0.1, 0.15) is 29.0 Å². The minimum absolute atomic E-state index is 0.182. The SMILES string of the molecule is COc1cccc(C2C(C#N)=C(NC(=O)CCc3ccccc3)Oc3ccc4ccccc4c32)c1. The van der Waals surface area contributed by atoms with Crippen molar-refractivity contribution in [1.82, 2.24) is 5.32 Å². The highest BCUT2D eigenvalue weighted by Gasteiger charge is 2.34. The van der Waals surface area contributed by atoms with E-state index in [-0.39, 0.29) is 18.2 Å². The van der Waals surface area contributed by atoms with Crippen molar-refractivity contribution in [3.8, 4) is 17.6 Å². The Morgan fingerprint density at radius 2 is 1.80 bits per heavy atom. The van der Waals surface area contributed by atoms with Crippen molar-refractivity contribution < 1.29 is 14.3 Å².